The molecule has 3 amide bonds. The number of carbonyl (C=O) groups is 5. The van der Waals surface area contributed by atoms with Gasteiger partial charge in [-0.1, -0.05) is 27.7 Å². The summed E-state index contributed by atoms with van der Waals surface area (Å²) in [6, 6.07) is -4.48. The molecular weight excluding hydrogens is 462 g/mol. The Kier molecular flexibility index (Phi) is 14.0. The lowest BCUT2D eigenvalue weighted by molar-refractivity contribution is -0.143. The van der Waals surface area contributed by atoms with E-state index in [0.717, 1.165) is 0 Å². The van der Waals surface area contributed by atoms with Gasteiger partial charge in [-0.2, -0.15) is 0 Å². The van der Waals surface area contributed by atoms with Gasteiger partial charge < -0.3 is 43.4 Å². The largest absolute Gasteiger partial charge is 0.481 e. The van der Waals surface area contributed by atoms with Crippen LogP contribution in [0.15, 0.2) is 4.99 Å². The quantitative estimate of drug-likeness (QED) is 0.0661. The van der Waals surface area contributed by atoms with Crippen LogP contribution in [0.4, 0.5) is 0 Å². The van der Waals surface area contributed by atoms with Crippen molar-refractivity contribution in [2.45, 2.75) is 77.5 Å². The predicted octanol–water partition coefficient (Wildman–Crippen LogP) is -1.92. The van der Waals surface area contributed by atoms with Gasteiger partial charge in [0.1, 0.15) is 18.1 Å². The van der Waals surface area contributed by atoms with Crippen LogP contribution < -0.4 is 33.2 Å². The summed E-state index contributed by atoms with van der Waals surface area (Å²) < 4.78 is 0. The van der Waals surface area contributed by atoms with Gasteiger partial charge in [-0.05, 0) is 31.1 Å². The molecule has 0 heterocycles. The van der Waals surface area contributed by atoms with Crippen molar-refractivity contribution in [3.05, 3.63) is 0 Å². The van der Waals surface area contributed by atoms with Gasteiger partial charge in [0.2, 0.25) is 17.7 Å². The van der Waals surface area contributed by atoms with Gasteiger partial charge in [0.15, 0.2) is 5.96 Å². The van der Waals surface area contributed by atoms with E-state index in [0.29, 0.717) is 13.0 Å². The second-order valence-electron chi connectivity index (χ2n) is 8.85. The Morgan fingerprint density at radius 3 is 1.71 bits per heavy atom. The standard InChI is InChI=1S/C21H39N7O7/c1-10(2)15(18(32)26-13(20(34)35)7-8-14(29)30)28-19(33)16(11(3)4)27-17(31)12(22)6-5-9-25-21(23)24/h10-13,15-16H,5-9,22H2,1-4H3,(H,26,32)(H,27,31)(H,28,33)(H,29,30)(H,34,35)(H4,23,24,25). The Balaban J connectivity index is 5.24. The monoisotopic (exact) mass is 501 g/mol. The molecule has 0 radical (unpaired) electrons. The Labute approximate surface area is 204 Å². The Hall–Kier alpha value is -3.42. The Morgan fingerprint density at radius 1 is 0.800 bits per heavy atom. The molecular formula is C21H39N7O7. The number of amides is 3. The van der Waals surface area contributed by atoms with Crippen molar-refractivity contribution in [3.63, 3.8) is 0 Å². The molecule has 0 aliphatic carbocycles. The lowest BCUT2D eigenvalue weighted by Gasteiger charge is -2.28. The van der Waals surface area contributed by atoms with Gasteiger partial charge in [0, 0.05) is 13.0 Å². The van der Waals surface area contributed by atoms with Crippen LogP contribution in [0.1, 0.15) is 53.4 Å². The van der Waals surface area contributed by atoms with E-state index in [1.54, 1.807) is 27.7 Å². The highest BCUT2D eigenvalue weighted by atomic mass is 16.4. The predicted molar refractivity (Wildman–Crippen MR) is 128 cm³/mol. The van der Waals surface area contributed by atoms with Crippen LogP contribution in [0.5, 0.6) is 0 Å². The number of hydrogen-bond donors (Lipinski definition) is 8. The molecule has 4 atom stereocenters. The molecule has 0 spiro atoms. The molecule has 0 aromatic rings. The molecule has 14 heteroatoms. The molecule has 0 aliphatic rings. The van der Waals surface area contributed by atoms with Crippen molar-refractivity contribution in [3.8, 4) is 0 Å². The molecule has 0 saturated carbocycles. The highest BCUT2D eigenvalue weighted by Gasteiger charge is 2.33. The van der Waals surface area contributed by atoms with E-state index in [1.807, 2.05) is 0 Å². The summed E-state index contributed by atoms with van der Waals surface area (Å²) >= 11 is 0. The van der Waals surface area contributed by atoms with Gasteiger partial charge in [-0.15, -0.1) is 0 Å². The van der Waals surface area contributed by atoms with Gasteiger partial charge in [0.25, 0.3) is 0 Å². The maximum atomic E-state index is 12.9. The topological polar surface area (TPSA) is 252 Å². The van der Waals surface area contributed by atoms with Gasteiger partial charge in [-0.25, -0.2) is 4.79 Å². The summed E-state index contributed by atoms with van der Waals surface area (Å²) in [6.07, 6.45) is -0.0449. The zero-order valence-electron chi connectivity index (χ0n) is 20.6. The number of guanidine groups is 1. The molecule has 0 rings (SSSR count). The first kappa shape index (κ1) is 31.6. The number of nitrogens with zero attached hydrogens (tertiary/aromatic N) is 1. The fraction of sp³-hybridized carbons (Fsp3) is 0.714. The molecule has 35 heavy (non-hydrogen) atoms. The first-order valence-electron chi connectivity index (χ1n) is 11.3. The Morgan fingerprint density at radius 2 is 1.29 bits per heavy atom. The third-order valence-corrected chi connectivity index (χ3v) is 5.06. The van der Waals surface area contributed by atoms with Crippen LogP contribution in [0.2, 0.25) is 0 Å². The maximum absolute atomic E-state index is 12.9. The number of carboxylic acid groups (broad SMARTS) is 2. The van der Waals surface area contributed by atoms with Crippen LogP contribution in [-0.4, -0.2) is 76.5 Å². The lowest BCUT2D eigenvalue weighted by Crippen LogP contribution is -2.59. The van der Waals surface area contributed by atoms with Crippen molar-refractivity contribution in [2.24, 2.45) is 34.0 Å². The van der Waals surface area contributed by atoms with E-state index in [2.05, 4.69) is 20.9 Å². The van der Waals surface area contributed by atoms with Crippen molar-refractivity contribution >= 4 is 35.6 Å². The number of nitrogens with one attached hydrogen (secondary N) is 3. The molecule has 0 aromatic heterocycles. The molecule has 0 aliphatic heterocycles. The first-order valence-corrected chi connectivity index (χ1v) is 11.3. The van der Waals surface area contributed by atoms with Crippen LogP contribution in [-0.2, 0) is 24.0 Å². The van der Waals surface area contributed by atoms with Crippen molar-refractivity contribution in [2.75, 3.05) is 6.54 Å². The van der Waals surface area contributed by atoms with E-state index < -0.39 is 66.2 Å². The van der Waals surface area contributed by atoms with E-state index in [4.69, 9.17) is 22.3 Å². The van der Waals surface area contributed by atoms with Crippen LogP contribution >= 0.6 is 0 Å². The summed E-state index contributed by atoms with van der Waals surface area (Å²) in [5.74, 6) is -5.45. The number of aliphatic imine (C=N–C) groups is 1. The summed E-state index contributed by atoms with van der Waals surface area (Å²) in [4.78, 5) is 64.1. The third-order valence-electron chi connectivity index (χ3n) is 5.06. The molecule has 200 valence electrons. The van der Waals surface area contributed by atoms with E-state index in [9.17, 15) is 29.1 Å². The lowest BCUT2D eigenvalue weighted by atomic mass is 9.98. The number of hydrogen-bond acceptors (Lipinski definition) is 7. The molecule has 0 fully saturated rings. The summed E-state index contributed by atoms with van der Waals surface area (Å²) in [5, 5.41) is 25.5. The fourth-order valence-electron chi connectivity index (χ4n) is 3.01. The number of aliphatic carboxylic acids is 2. The molecule has 0 aromatic carbocycles. The maximum Gasteiger partial charge on any atom is 0.326 e. The second kappa shape index (κ2) is 15.5. The van der Waals surface area contributed by atoms with E-state index >= 15 is 0 Å². The second-order valence-corrected chi connectivity index (χ2v) is 8.85. The van der Waals surface area contributed by atoms with E-state index in [-0.39, 0.29) is 24.7 Å². The van der Waals surface area contributed by atoms with Gasteiger partial charge in [0.05, 0.1) is 6.04 Å². The first-order chi connectivity index (χ1) is 16.2. The van der Waals surface area contributed by atoms with Gasteiger partial charge in [-0.3, -0.25) is 24.2 Å². The number of rotatable bonds is 16. The van der Waals surface area contributed by atoms with Crippen LogP contribution in [0.25, 0.3) is 0 Å². The molecule has 14 nitrogen and oxygen atoms in total. The zero-order valence-corrected chi connectivity index (χ0v) is 20.6. The summed E-state index contributed by atoms with van der Waals surface area (Å²) in [6.45, 7) is 6.99. The smallest absolute Gasteiger partial charge is 0.326 e. The number of carbonyl (C=O) groups excluding carboxylic acids is 3. The van der Waals surface area contributed by atoms with E-state index in [1.165, 1.54) is 0 Å². The normalized spacial score (nSPS) is 14.4. The highest BCUT2D eigenvalue weighted by Crippen LogP contribution is 2.09. The number of carboxylic acids is 2. The molecule has 0 bridgehead atoms. The molecule has 11 N–H and O–H groups in total. The van der Waals surface area contributed by atoms with Crippen LogP contribution in [0.3, 0.4) is 0 Å². The molecule has 4 unspecified atom stereocenters. The Bertz CT molecular complexity index is 782. The third kappa shape index (κ3) is 12.6. The van der Waals surface area contributed by atoms with Crippen molar-refractivity contribution in [1.29, 1.82) is 0 Å². The SMILES string of the molecule is CC(C)C(NC(=O)C(N)CCCN=C(N)N)C(=O)NC(C(=O)NC(CCC(=O)O)C(=O)O)C(C)C. The average Bonchev–Trinajstić information content (AvgIpc) is 2.74. The highest BCUT2D eigenvalue weighted by molar-refractivity contribution is 5.94. The van der Waals surface area contributed by atoms with Gasteiger partial charge >= 0.3 is 11.9 Å². The van der Waals surface area contributed by atoms with Crippen molar-refractivity contribution in [1.82, 2.24) is 16.0 Å². The fourth-order valence-corrected chi connectivity index (χ4v) is 3.01. The number of nitrogens with two attached hydrogens (primary N) is 3. The average molecular weight is 502 g/mol. The van der Waals surface area contributed by atoms with Crippen LogP contribution in [0, 0.1) is 11.8 Å². The summed E-state index contributed by atoms with van der Waals surface area (Å²) in [7, 11) is 0. The summed E-state index contributed by atoms with van der Waals surface area (Å²) in [5.41, 5.74) is 16.4. The minimum Gasteiger partial charge on any atom is -0.481 e. The molecule has 0 saturated heterocycles. The van der Waals surface area contributed by atoms with Crippen molar-refractivity contribution < 1.29 is 34.2 Å². The minimum absolute atomic E-state index is 0.0696. The zero-order chi connectivity index (χ0) is 27.3. The minimum atomic E-state index is -1.44.